The van der Waals surface area contributed by atoms with E-state index in [1.54, 1.807) is 11.3 Å². The van der Waals surface area contributed by atoms with Gasteiger partial charge in [-0.1, -0.05) is 0 Å². The van der Waals surface area contributed by atoms with Gasteiger partial charge in [0.25, 0.3) is 5.91 Å². The average molecular weight is 252 g/mol. The Morgan fingerprint density at radius 2 is 2.35 bits per heavy atom. The number of primary amides is 1. The van der Waals surface area contributed by atoms with Crippen LogP contribution in [0.1, 0.15) is 34.8 Å². The Morgan fingerprint density at radius 3 is 3.00 bits per heavy atom. The van der Waals surface area contributed by atoms with Crippen molar-refractivity contribution in [3.05, 3.63) is 11.1 Å². The minimum absolute atomic E-state index is 0.331. The second kappa shape index (κ2) is 3.61. The standard InChI is InChI=1S/C11H16N4OS/c1-13-10-8(9(12)16)7-5-3-4-6(15(5)2)14-11(7)17-10/h5-6,13-14H,3-4H2,1-2H3,(H2,12,16)/t5-,6+/m1/s1. The summed E-state index contributed by atoms with van der Waals surface area (Å²) in [7, 11) is 3.92. The summed E-state index contributed by atoms with van der Waals surface area (Å²) in [5, 5.41) is 8.53. The molecule has 92 valence electrons. The molecule has 6 heteroatoms. The zero-order valence-electron chi connectivity index (χ0n) is 9.91. The van der Waals surface area contributed by atoms with Crippen LogP contribution in [-0.2, 0) is 0 Å². The topological polar surface area (TPSA) is 70.4 Å². The number of nitrogens with two attached hydrogens (primary N) is 1. The molecule has 5 nitrogen and oxygen atoms in total. The zero-order chi connectivity index (χ0) is 12.2. The number of nitrogens with one attached hydrogen (secondary N) is 2. The van der Waals surface area contributed by atoms with Gasteiger partial charge in [0.2, 0.25) is 0 Å². The van der Waals surface area contributed by atoms with E-state index in [0.717, 1.165) is 28.4 Å². The molecule has 0 spiro atoms. The van der Waals surface area contributed by atoms with Crippen LogP contribution >= 0.6 is 11.3 Å². The zero-order valence-corrected chi connectivity index (χ0v) is 10.7. The van der Waals surface area contributed by atoms with Gasteiger partial charge in [-0.3, -0.25) is 9.69 Å². The Hall–Kier alpha value is -1.27. The molecular weight excluding hydrogens is 236 g/mol. The van der Waals surface area contributed by atoms with Gasteiger partial charge in [-0.25, -0.2) is 0 Å². The number of thiophene rings is 1. The van der Waals surface area contributed by atoms with Crippen LogP contribution in [0.4, 0.5) is 10.0 Å². The van der Waals surface area contributed by atoms with Crippen molar-refractivity contribution in [1.29, 1.82) is 0 Å². The molecule has 3 heterocycles. The lowest BCUT2D eigenvalue weighted by molar-refractivity contribution is 0.0998. The van der Waals surface area contributed by atoms with Gasteiger partial charge in [0.15, 0.2) is 0 Å². The third-order valence-corrected chi connectivity index (χ3v) is 4.90. The highest BCUT2D eigenvalue weighted by Gasteiger charge is 2.41. The summed E-state index contributed by atoms with van der Waals surface area (Å²) < 4.78 is 0. The Kier molecular flexibility index (Phi) is 2.31. The normalized spacial score (nSPS) is 26.5. The molecule has 1 amide bonds. The summed E-state index contributed by atoms with van der Waals surface area (Å²) in [6, 6.07) is 0.331. The van der Waals surface area contributed by atoms with Crippen molar-refractivity contribution in [3.8, 4) is 0 Å². The van der Waals surface area contributed by atoms with Crippen molar-refractivity contribution in [3.63, 3.8) is 0 Å². The van der Waals surface area contributed by atoms with Crippen molar-refractivity contribution < 1.29 is 4.79 Å². The Labute approximate surface area is 104 Å². The summed E-state index contributed by atoms with van der Waals surface area (Å²) in [5.74, 6) is -0.340. The number of carbonyl (C=O) groups is 1. The molecule has 2 aliphatic rings. The first-order valence-electron chi connectivity index (χ1n) is 5.76. The number of rotatable bonds is 2. The number of carbonyl (C=O) groups excluding carboxylic acids is 1. The first kappa shape index (κ1) is 10.9. The summed E-state index contributed by atoms with van der Waals surface area (Å²) in [6.45, 7) is 0. The van der Waals surface area contributed by atoms with Crippen LogP contribution in [0, 0.1) is 0 Å². The third kappa shape index (κ3) is 1.37. The van der Waals surface area contributed by atoms with Crippen molar-refractivity contribution in [2.75, 3.05) is 24.7 Å². The molecular formula is C11H16N4OS. The van der Waals surface area contributed by atoms with Gasteiger partial charge >= 0.3 is 0 Å². The molecule has 0 saturated carbocycles. The largest absolute Gasteiger partial charge is 0.379 e. The molecule has 0 aliphatic carbocycles. The predicted octanol–water partition coefficient (Wildman–Crippen LogP) is 1.41. The fourth-order valence-electron chi connectivity index (χ4n) is 2.90. The lowest BCUT2D eigenvalue weighted by atomic mass is 10.0. The van der Waals surface area contributed by atoms with Gasteiger partial charge in [0.1, 0.15) is 5.00 Å². The monoisotopic (exact) mass is 252 g/mol. The quantitative estimate of drug-likeness (QED) is 0.744. The van der Waals surface area contributed by atoms with Crippen LogP contribution in [-0.4, -0.2) is 31.1 Å². The number of nitrogens with zero attached hydrogens (tertiary/aromatic N) is 1. The van der Waals surface area contributed by atoms with Crippen molar-refractivity contribution in [2.24, 2.45) is 5.73 Å². The molecule has 2 atom stereocenters. The minimum atomic E-state index is -0.340. The van der Waals surface area contributed by atoms with Gasteiger partial charge in [0, 0.05) is 18.7 Å². The second-order valence-corrected chi connectivity index (χ2v) is 5.60. The maximum absolute atomic E-state index is 11.6. The van der Waals surface area contributed by atoms with Crippen LogP contribution in [0.25, 0.3) is 0 Å². The van der Waals surface area contributed by atoms with E-state index in [2.05, 4.69) is 22.6 Å². The van der Waals surface area contributed by atoms with E-state index >= 15 is 0 Å². The lowest BCUT2D eigenvalue weighted by Crippen LogP contribution is -2.38. The van der Waals surface area contributed by atoms with Gasteiger partial charge in [-0.05, 0) is 19.9 Å². The van der Waals surface area contributed by atoms with Crippen molar-refractivity contribution >= 4 is 27.2 Å². The van der Waals surface area contributed by atoms with Crippen molar-refractivity contribution in [2.45, 2.75) is 25.0 Å². The van der Waals surface area contributed by atoms with E-state index in [4.69, 9.17) is 5.73 Å². The lowest BCUT2D eigenvalue weighted by Gasteiger charge is -2.32. The molecule has 0 unspecified atom stereocenters. The average Bonchev–Trinajstić information content (AvgIpc) is 2.76. The molecule has 17 heavy (non-hydrogen) atoms. The van der Waals surface area contributed by atoms with Gasteiger partial charge in [-0.15, -0.1) is 11.3 Å². The molecule has 3 rings (SSSR count). The van der Waals surface area contributed by atoms with E-state index in [1.807, 2.05) is 7.05 Å². The fraction of sp³-hybridized carbons (Fsp3) is 0.545. The minimum Gasteiger partial charge on any atom is -0.379 e. The molecule has 2 aliphatic heterocycles. The number of amides is 1. The molecule has 0 radical (unpaired) electrons. The Morgan fingerprint density at radius 1 is 1.59 bits per heavy atom. The smallest absolute Gasteiger partial charge is 0.252 e. The maximum Gasteiger partial charge on any atom is 0.252 e. The first-order valence-corrected chi connectivity index (χ1v) is 6.58. The summed E-state index contributed by atoms with van der Waals surface area (Å²) in [6.07, 6.45) is 2.60. The highest BCUT2D eigenvalue weighted by molar-refractivity contribution is 7.20. The van der Waals surface area contributed by atoms with E-state index in [1.165, 1.54) is 0 Å². The summed E-state index contributed by atoms with van der Waals surface area (Å²) in [5.41, 5.74) is 7.27. The molecule has 1 aromatic heterocycles. The maximum atomic E-state index is 11.6. The van der Waals surface area contributed by atoms with Crippen LogP contribution in [0.3, 0.4) is 0 Å². The van der Waals surface area contributed by atoms with E-state index in [0.29, 0.717) is 17.8 Å². The number of anilines is 2. The highest BCUT2D eigenvalue weighted by Crippen LogP contribution is 2.50. The fourth-order valence-corrected chi connectivity index (χ4v) is 4.07. The summed E-state index contributed by atoms with van der Waals surface area (Å²) >= 11 is 1.59. The predicted molar refractivity (Wildman–Crippen MR) is 69.5 cm³/mol. The molecule has 1 saturated heterocycles. The van der Waals surface area contributed by atoms with Crippen molar-refractivity contribution in [1.82, 2.24) is 4.90 Å². The molecule has 4 N–H and O–H groups in total. The van der Waals surface area contributed by atoms with E-state index in [9.17, 15) is 4.79 Å². The van der Waals surface area contributed by atoms with E-state index < -0.39 is 0 Å². The Balaban J connectivity index is 2.18. The number of fused-ring (bicyclic) bond motifs is 4. The van der Waals surface area contributed by atoms with Crippen LogP contribution in [0.2, 0.25) is 0 Å². The van der Waals surface area contributed by atoms with Crippen LogP contribution in [0.15, 0.2) is 0 Å². The van der Waals surface area contributed by atoms with Gasteiger partial charge < -0.3 is 16.4 Å². The van der Waals surface area contributed by atoms with E-state index in [-0.39, 0.29) is 5.91 Å². The second-order valence-electron chi connectivity index (χ2n) is 4.58. The van der Waals surface area contributed by atoms with Crippen LogP contribution < -0.4 is 16.4 Å². The SMILES string of the molecule is CNc1sc2c(c1C(N)=O)[C@H]1CC[C@@H](N2)N1C. The third-order valence-electron chi connectivity index (χ3n) is 3.75. The highest BCUT2D eigenvalue weighted by atomic mass is 32.1. The van der Waals surface area contributed by atoms with Gasteiger partial charge in [0.05, 0.1) is 16.7 Å². The molecule has 1 aromatic rings. The Bertz CT molecular complexity index is 484. The first-order chi connectivity index (χ1) is 8.13. The molecule has 0 aromatic carbocycles. The summed E-state index contributed by atoms with van der Waals surface area (Å²) in [4.78, 5) is 13.9. The van der Waals surface area contributed by atoms with Gasteiger partial charge in [-0.2, -0.15) is 0 Å². The number of hydrogen-bond acceptors (Lipinski definition) is 5. The molecule has 2 bridgehead atoms. The van der Waals surface area contributed by atoms with Crippen LogP contribution in [0.5, 0.6) is 0 Å². The molecule has 1 fully saturated rings. The number of hydrogen-bond donors (Lipinski definition) is 3.